The van der Waals surface area contributed by atoms with Crippen molar-refractivity contribution in [2.75, 3.05) is 26.2 Å². The van der Waals surface area contributed by atoms with Gasteiger partial charge in [0.25, 0.3) is 0 Å². The fourth-order valence-corrected chi connectivity index (χ4v) is 4.26. The fourth-order valence-electron chi connectivity index (χ4n) is 4.26. The van der Waals surface area contributed by atoms with E-state index >= 15 is 0 Å². The smallest absolute Gasteiger partial charge is 0.407 e. The van der Waals surface area contributed by atoms with E-state index < -0.39 is 12.1 Å². The Morgan fingerprint density at radius 1 is 0.941 bits per heavy atom. The minimum Gasteiger partial charge on any atom is -0.445 e. The highest BCUT2D eigenvalue weighted by Gasteiger charge is 2.29. The lowest BCUT2D eigenvalue weighted by Gasteiger charge is -2.29. The molecule has 0 bridgehead atoms. The number of hydrogen-bond donors (Lipinski definition) is 2. The highest BCUT2D eigenvalue weighted by atomic mass is 16.5. The first-order valence-corrected chi connectivity index (χ1v) is 11.8. The van der Waals surface area contributed by atoms with Crippen LogP contribution in [0.15, 0.2) is 91.0 Å². The summed E-state index contributed by atoms with van der Waals surface area (Å²) in [5, 5.41) is 6.03. The summed E-state index contributed by atoms with van der Waals surface area (Å²) in [6.07, 6.45) is 0.331. The van der Waals surface area contributed by atoms with E-state index in [9.17, 15) is 9.59 Å². The number of benzene rings is 3. The van der Waals surface area contributed by atoms with E-state index in [1.54, 1.807) is 0 Å². The monoisotopic (exact) mass is 457 g/mol. The van der Waals surface area contributed by atoms with E-state index in [4.69, 9.17) is 4.74 Å². The second-order valence-electron chi connectivity index (χ2n) is 8.46. The van der Waals surface area contributed by atoms with Gasteiger partial charge >= 0.3 is 6.09 Å². The van der Waals surface area contributed by atoms with Gasteiger partial charge in [-0.2, -0.15) is 0 Å². The van der Waals surface area contributed by atoms with Crippen LogP contribution in [0.2, 0.25) is 0 Å². The van der Waals surface area contributed by atoms with Gasteiger partial charge in [0.05, 0.1) is 0 Å². The Bertz CT molecular complexity index is 1000. The van der Waals surface area contributed by atoms with Crippen molar-refractivity contribution in [1.29, 1.82) is 0 Å². The molecule has 0 aromatic heterocycles. The van der Waals surface area contributed by atoms with E-state index in [-0.39, 0.29) is 25.0 Å². The first kappa shape index (κ1) is 23.5. The third kappa shape index (κ3) is 6.45. The SMILES string of the molecule is O=C(NCC1NCCCN(CC(c2ccccc2)c2ccccc2)C1=O)OCc1ccccc1. The Balaban J connectivity index is 1.39. The Labute approximate surface area is 200 Å². The molecule has 0 spiro atoms. The largest absolute Gasteiger partial charge is 0.445 e. The quantitative estimate of drug-likeness (QED) is 0.538. The van der Waals surface area contributed by atoms with Gasteiger partial charge < -0.3 is 20.3 Å². The first-order chi connectivity index (χ1) is 16.7. The van der Waals surface area contributed by atoms with E-state index in [1.165, 1.54) is 11.1 Å². The molecule has 2 amide bonds. The standard InChI is InChI=1S/C28H31N3O3/c32-27-26(19-30-28(33)34-21-22-11-4-1-5-12-22)29-17-10-18-31(27)20-25(23-13-6-2-7-14-23)24-15-8-3-9-16-24/h1-9,11-16,25-26,29H,10,17-21H2,(H,30,33). The first-order valence-electron chi connectivity index (χ1n) is 11.8. The van der Waals surface area contributed by atoms with Crippen LogP contribution in [-0.4, -0.2) is 49.1 Å². The average molecular weight is 458 g/mol. The van der Waals surface area contributed by atoms with Crippen molar-refractivity contribution < 1.29 is 14.3 Å². The number of hydrogen-bond acceptors (Lipinski definition) is 4. The Kier molecular flexibility index (Phi) is 8.30. The van der Waals surface area contributed by atoms with Crippen molar-refractivity contribution in [1.82, 2.24) is 15.5 Å². The average Bonchev–Trinajstić information content (AvgIpc) is 3.07. The molecule has 176 valence electrons. The summed E-state index contributed by atoms with van der Waals surface area (Å²) in [6.45, 7) is 2.36. The number of alkyl carbamates (subject to hydrolysis) is 1. The summed E-state index contributed by atoms with van der Waals surface area (Å²) < 4.78 is 5.29. The van der Waals surface area contributed by atoms with E-state index in [0.717, 1.165) is 18.5 Å². The normalized spacial score (nSPS) is 16.2. The van der Waals surface area contributed by atoms with Crippen molar-refractivity contribution in [3.63, 3.8) is 0 Å². The van der Waals surface area contributed by atoms with E-state index in [2.05, 4.69) is 34.9 Å². The van der Waals surface area contributed by atoms with Gasteiger partial charge in [-0.15, -0.1) is 0 Å². The number of carbonyl (C=O) groups excluding carboxylic acids is 2. The molecule has 34 heavy (non-hydrogen) atoms. The second-order valence-corrected chi connectivity index (χ2v) is 8.46. The molecule has 1 unspecified atom stereocenters. The van der Waals surface area contributed by atoms with Crippen LogP contribution in [0.3, 0.4) is 0 Å². The molecule has 0 saturated carbocycles. The topological polar surface area (TPSA) is 70.7 Å². The number of rotatable bonds is 8. The van der Waals surface area contributed by atoms with E-state index in [0.29, 0.717) is 13.1 Å². The van der Waals surface area contributed by atoms with Crippen molar-refractivity contribution in [2.24, 2.45) is 0 Å². The minimum absolute atomic E-state index is 0.00211. The zero-order valence-corrected chi connectivity index (χ0v) is 19.2. The molecule has 1 aliphatic rings. The van der Waals surface area contributed by atoms with Crippen LogP contribution in [0.4, 0.5) is 4.79 Å². The number of amides is 2. The molecule has 1 atom stereocenters. The van der Waals surface area contributed by atoms with Crippen LogP contribution in [0.25, 0.3) is 0 Å². The van der Waals surface area contributed by atoms with Crippen LogP contribution in [0.1, 0.15) is 29.0 Å². The van der Waals surface area contributed by atoms with Crippen molar-refractivity contribution in [3.8, 4) is 0 Å². The van der Waals surface area contributed by atoms with Gasteiger partial charge in [-0.05, 0) is 29.7 Å². The van der Waals surface area contributed by atoms with Gasteiger partial charge in [0.1, 0.15) is 12.6 Å². The summed E-state index contributed by atoms with van der Waals surface area (Å²) in [5.41, 5.74) is 3.27. The van der Waals surface area contributed by atoms with Gasteiger partial charge in [-0.3, -0.25) is 4.79 Å². The summed E-state index contributed by atoms with van der Waals surface area (Å²) in [4.78, 5) is 27.5. The lowest BCUT2D eigenvalue weighted by Crippen LogP contribution is -2.50. The molecule has 0 aliphatic carbocycles. The van der Waals surface area contributed by atoms with E-state index in [1.807, 2.05) is 71.6 Å². The molecular formula is C28H31N3O3. The zero-order valence-electron chi connectivity index (χ0n) is 19.2. The maximum Gasteiger partial charge on any atom is 0.407 e. The predicted octanol–water partition coefficient (Wildman–Crippen LogP) is 3.94. The lowest BCUT2D eigenvalue weighted by atomic mass is 9.90. The molecular weight excluding hydrogens is 426 g/mol. The van der Waals surface area contributed by atoms with Crippen LogP contribution < -0.4 is 10.6 Å². The van der Waals surface area contributed by atoms with Gasteiger partial charge in [0.15, 0.2) is 0 Å². The summed E-state index contributed by atoms with van der Waals surface area (Å²) in [5.74, 6) is 0.0756. The minimum atomic E-state index is -0.527. The molecule has 1 fully saturated rings. The maximum absolute atomic E-state index is 13.4. The highest BCUT2D eigenvalue weighted by molar-refractivity contribution is 5.83. The molecule has 1 aliphatic heterocycles. The molecule has 3 aromatic rings. The third-order valence-corrected chi connectivity index (χ3v) is 6.08. The second kappa shape index (κ2) is 12.0. The molecule has 6 nitrogen and oxygen atoms in total. The Morgan fingerprint density at radius 3 is 2.15 bits per heavy atom. The number of carbonyl (C=O) groups is 2. The van der Waals surface area contributed by atoms with Crippen molar-refractivity contribution in [2.45, 2.75) is 25.0 Å². The molecule has 4 rings (SSSR count). The lowest BCUT2D eigenvalue weighted by molar-refractivity contribution is -0.132. The summed E-state index contributed by atoms with van der Waals surface area (Å²) in [6, 6.07) is 29.6. The number of nitrogens with one attached hydrogen (secondary N) is 2. The fraction of sp³-hybridized carbons (Fsp3) is 0.286. The third-order valence-electron chi connectivity index (χ3n) is 6.08. The Morgan fingerprint density at radius 2 is 1.53 bits per heavy atom. The molecule has 1 heterocycles. The predicted molar refractivity (Wildman–Crippen MR) is 132 cm³/mol. The molecule has 2 N–H and O–H groups in total. The number of nitrogens with zero attached hydrogens (tertiary/aromatic N) is 1. The van der Waals surface area contributed by atoms with Crippen LogP contribution in [-0.2, 0) is 16.1 Å². The highest BCUT2D eigenvalue weighted by Crippen LogP contribution is 2.26. The van der Waals surface area contributed by atoms with Crippen molar-refractivity contribution >= 4 is 12.0 Å². The number of ether oxygens (including phenoxy) is 1. The van der Waals surface area contributed by atoms with Crippen LogP contribution in [0.5, 0.6) is 0 Å². The van der Waals surface area contributed by atoms with Crippen LogP contribution >= 0.6 is 0 Å². The van der Waals surface area contributed by atoms with Gasteiger partial charge in [-0.25, -0.2) is 4.79 Å². The van der Waals surface area contributed by atoms with Gasteiger partial charge in [0, 0.05) is 25.6 Å². The molecule has 3 aromatic carbocycles. The molecule has 6 heteroatoms. The summed E-state index contributed by atoms with van der Waals surface area (Å²) in [7, 11) is 0. The summed E-state index contributed by atoms with van der Waals surface area (Å²) >= 11 is 0. The Hall–Kier alpha value is -3.64. The molecule has 1 saturated heterocycles. The van der Waals surface area contributed by atoms with Gasteiger partial charge in [0.2, 0.25) is 5.91 Å². The van der Waals surface area contributed by atoms with Crippen LogP contribution in [0, 0.1) is 0 Å². The molecule has 0 radical (unpaired) electrons. The van der Waals surface area contributed by atoms with Gasteiger partial charge in [-0.1, -0.05) is 91.0 Å². The maximum atomic E-state index is 13.4. The van der Waals surface area contributed by atoms with Crippen molar-refractivity contribution in [3.05, 3.63) is 108 Å². The zero-order chi connectivity index (χ0) is 23.6.